The Balaban J connectivity index is 3.25. The summed E-state index contributed by atoms with van der Waals surface area (Å²) in [6, 6.07) is 0. The van der Waals surface area contributed by atoms with E-state index in [4.69, 9.17) is 5.11 Å². The van der Waals surface area contributed by atoms with E-state index in [0.29, 0.717) is 0 Å². The van der Waals surface area contributed by atoms with Crippen LogP contribution in [0.25, 0.3) is 0 Å². The molecule has 0 aliphatic rings. The normalized spacial score (nSPS) is 12.1. The predicted molar refractivity (Wildman–Crippen MR) is 86.9 cm³/mol. The summed E-state index contributed by atoms with van der Waals surface area (Å²) in [5.41, 5.74) is 0. The molecule has 2 nitrogen and oxygen atoms in total. The fourth-order valence-corrected chi connectivity index (χ4v) is 2.01. The van der Waals surface area contributed by atoms with E-state index in [-0.39, 0.29) is 0 Å². The summed E-state index contributed by atoms with van der Waals surface area (Å²) >= 11 is 0. The number of hydrogen-bond acceptors (Lipinski definition) is 1. The van der Waals surface area contributed by atoms with Crippen LogP contribution in [-0.2, 0) is 4.79 Å². The Kier molecular flexibility index (Phi) is 14.7. The zero-order valence-corrected chi connectivity index (χ0v) is 12.9. The second-order valence-electron chi connectivity index (χ2n) is 5.13. The molecule has 0 aromatic rings. The van der Waals surface area contributed by atoms with Gasteiger partial charge in [-0.2, -0.15) is 0 Å². The molecule has 0 heterocycles. The number of unbranched alkanes of at least 4 members (excludes halogenated alkanes) is 9. The molecule has 0 unspecified atom stereocenters. The van der Waals surface area contributed by atoms with E-state index in [1.165, 1.54) is 63.9 Å². The maximum absolute atomic E-state index is 10.2. The minimum atomic E-state index is -0.909. The Morgan fingerprint density at radius 1 is 0.800 bits per heavy atom. The van der Waals surface area contributed by atoms with Gasteiger partial charge in [0.05, 0.1) is 0 Å². The summed E-state index contributed by atoms with van der Waals surface area (Å²) in [5.74, 6) is -0.909. The zero-order valence-electron chi connectivity index (χ0n) is 12.9. The Bertz CT molecular complexity index is 301. The third-order valence-electron chi connectivity index (χ3n) is 3.18. The predicted octanol–water partition coefficient (Wildman–Crippen LogP) is 5.66. The van der Waals surface area contributed by atoms with E-state index in [0.717, 1.165) is 12.5 Å². The van der Waals surface area contributed by atoms with Crippen molar-refractivity contribution in [3.05, 3.63) is 36.5 Å². The van der Waals surface area contributed by atoms with Crippen LogP contribution in [0.1, 0.15) is 71.1 Å². The fraction of sp³-hybridized carbons (Fsp3) is 0.611. The standard InChI is InChI=1S/C18H30O2/c1-2-3-4-5-6-7-8-9-10-11-12-13-14-15-16-17-18(19)20/h12-17H,2-11H2,1H3,(H,19,20)/b13-12+,15-14+,17-16+. The summed E-state index contributed by atoms with van der Waals surface area (Å²) in [6.07, 6.45) is 23.7. The highest BCUT2D eigenvalue weighted by Gasteiger charge is 1.90. The Morgan fingerprint density at radius 2 is 1.35 bits per heavy atom. The van der Waals surface area contributed by atoms with Crippen LogP contribution in [0, 0.1) is 0 Å². The van der Waals surface area contributed by atoms with E-state index in [1.807, 2.05) is 12.2 Å². The minimum absolute atomic E-state index is 0.909. The van der Waals surface area contributed by atoms with Gasteiger partial charge in [-0.1, -0.05) is 88.7 Å². The quantitative estimate of drug-likeness (QED) is 0.268. The van der Waals surface area contributed by atoms with Crippen molar-refractivity contribution in [1.82, 2.24) is 0 Å². The van der Waals surface area contributed by atoms with E-state index < -0.39 is 5.97 Å². The molecule has 0 rings (SSSR count). The second-order valence-corrected chi connectivity index (χ2v) is 5.13. The van der Waals surface area contributed by atoms with E-state index in [2.05, 4.69) is 13.0 Å². The number of carboxylic acid groups (broad SMARTS) is 1. The van der Waals surface area contributed by atoms with Crippen LogP contribution in [0.15, 0.2) is 36.5 Å². The Hall–Kier alpha value is -1.31. The molecule has 0 spiro atoms. The van der Waals surface area contributed by atoms with Gasteiger partial charge in [0.2, 0.25) is 0 Å². The molecule has 2 heteroatoms. The molecule has 0 bridgehead atoms. The molecule has 1 N–H and O–H groups in total. The van der Waals surface area contributed by atoms with Crippen molar-refractivity contribution in [2.45, 2.75) is 71.1 Å². The third-order valence-corrected chi connectivity index (χ3v) is 3.18. The Labute approximate surface area is 124 Å². The molecule has 20 heavy (non-hydrogen) atoms. The molecule has 0 aliphatic heterocycles. The van der Waals surface area contributed by atoms with Gasteiger partial charge in [-0.3, -0.25) is 0 Å². The van der Waals surface area contributed by atoms with Crippen LogP contribution in [0.5, 0.6) is 0 Å². The number of carboxylic acids is 1. The maximum atomic E-state index is 10.2. The highest BCUT2D eigenvalue weighted by atomic mass is 16.4. The molecule has 0 aromatic heterocycles. The number of rotatable bonds is 13. The van der Waals surface area contributed by atoms with Crippen molar-refractivity contribution >= 4 is 5.97 Å². The molecule has 0 aliphatic carbocycles. The fourth-order valence-electron chi connectivity index (χ4n) is 2.01. The van der Waals surface area contributed by atoms with Crippen molar-refractivity contribution in [3.63, 3.8) is 0 Å². The number of aliphatic carboxylic acids is 1. The average Bonchev–Trinajstić information content (AvgIpc) is 2.43. The van der Waals surface area contributed by atoms with Crippen LogP contribution in [-0.4, -0.2) is 11.1 Å². The van der Waals surface area contributed by atoms with Gasteiger partial charge in [-0.25, -0.2) is 4.79 Å². The molecule has 0 saturated heterocycles. The largest absolute Gasteiger partial charge is 0.478 e. The number of carbonyl (C=O) groups is 1. The molecule has 0 amide bonds. The minimum Gasteiger partial charge on any atom is -0.478 e. The highest BCUT2D eigenvalue weighted by Crippen LogP contribution is 2.10. The van der Waals surface area contributed by atoms with E-state index in [1.54, 1.807) is 6.08 Å². The van der Waals surface area contributed by atoms with Gasteiger partial charge in [0.1, 0.15) is 0 Å². The van der Waals surface area contributed by atoms with Crippen molar-refractivity contribution in [3.8, 4) is 0 Å². The van der Waals surface area contributed by atoms with Crippen molar-refractivity contribution in [2.24, 2.45) is 0 Å². The average molecular weight is 278 g/mol. The number of hydrogen-bond donors (Lipinski definition) is 1. The highest BCUT2D eigenvalue weighted by molar-refractivity contribution is 5.80. The van der Waals surface area contributed by atoms with Crippen LogP contribution >= 0.6 is 0 Å². The second kappa shape index (κ2) is 15.7. The molecule has 0 saturated carbocycles. The summed E-state index contributed by atoms with van der Waals surface area (Å²) in [6.45, 7) is 2.26. The summed E-state index contributed by atoms with van der Waals surface area (Å²) in [5, 5.41) is 8.38. The molecular weight excluding hydrogens is 248 g/mol. The van der Waals surface area contributed by atoms with Crippen LogP contribution in [0.3, 0.4) is 0 Å². The van der Waals surface area contributed by atoms with Crippen LogP contribution in [0.4, 0.5) is 0 Å². The molecule has 0 radical (unpaired) electrons. The monoisotopic (exact) mass is 278 g/mol. The van der Waals surface area contributed by atoms with Crippen LogP contribution < -0.4 is 0 Å². The van der Waals surface area contributed by atoms with Gasteiger partial charge in [0, 0.05) is 6.08 Å². The summed E-state index contributed by atoms with van der Waals surface area (Å²) in [7, 11) is 0. The topological polar surface area (TPSA) is 37.3 Å². The molecular formula is C18H30O2. The Morgan fingerprint density at radius 3 is 1.95 bits per heavy atom. The van der Waals surface area contributed by atoms with Crippen molar-refractivity contribution in [2.75, 3.05) is 0 Å². The maximum Gasteiger partial charge on any atom is 0.328 e. The van der Waals surface area contributed by atoms with Crippen LogP contribution in [0.2, 0.25) is 0 Å². The smallest absolute Gasteiger partial charge is 0.328 e. The first-order valence-electron chi connectivity index (χ1n) is 8.00. The van der Waals surface area contributed by atoms with Crippen molar-refractivity contribution in [1.29, 1.82) is 0 Å². The van der Waals surface area contributed by atoms with Gasteiger partial charge < -0.3 is 5.11 Å². The summed E-state index contributed by atoms with van der Waals surface area (Å²) in [4.78, 5) is 10.2. The lowest BCUT2D eigenvalue weighted by atomic mass is 10.1. The van der Waals surface area contributed by atoms with Gasteiger partial charge in [0.25, 0.3) is 0 Å². The number of allylic oxidation sites excluding steroid dienone is 5. The molecule has 0 fully saturated rings. The van der Waals surface area contributed by atoms with Crippen molar-refractivity contribution < 1.29 is 9.90 Å². The molecule has 114 valence electrons. The SMILES string of the molecule is CCCCCCCCCCC/C=C/C=C/C=C/C(=O)O. The van der Waals surface area contributed by atoms with Gasteiger partial charge in [0.15, 0.2) is 0 Å². The first-order valence-corrected chi connectivity index (χ1v) is 8.00. The summed E-state index contributed by atoms with van der Waals surface area (Å²) < 4.78 is 0. The van der Waals surface area contributed by atoms with E-state index in [9.17, 15) is 4.79 Å². The zero-order chi connectivity index (χ0) is 14.9. The third kappa shape index (κ3) is 16.7. The van der Waals surface area contributed by atoms with Gasteiger partial charge in [-0.15, -0.1) is 0 Å². The lowest BCUT2D eigenvalue weighted by Crippen LogP contribution is -1.84. The van der Waals surface area contributed by atoms with Gasteiger partial charge >= 0.3 is 5.97 Å². The first-order chi connectivity index (χ1) is 9.77. The van der Waals surface area contributed by atoms with Gasteiger partial charge in [-0.05, 0) is 12.8 Å². The molecule has 0 aromatic carbocycles. The van der Waals surface area contributed by atoms with E-state index >= 15 is 0 Å². The molecule has 0 atom stereocenters. The first kappa shape index (κ1) is 18.7. The lowest BCUT2D eigenvalue weighted by molar-refractivity contribution is -0.131. The lowest BCUT2D eigenvalue weighted by Gasteiger charge is -2.00.